The third-order valence-corrected chi connectivity index (χ3v) is 4.33. The first-order valence-electron chi connectivity index (χ1n) is 7.92. The number of hydrogen-bond donors (Lipinski definition) is 0. The zero-order valence-corrected chi connectivity index (χ0v) is 13.4. The van der Waals surface area contributed by atoms with Gasteiger partial charge in [0.2, 0.25) is 5.91 Å². The highest BCUT2D eigenvalue weighted by atomic mass is 16.2. The van der Waals surface area contributed by atoms with E-state index in [1.165, 1.54) is 11.1 Å². The van der Waals surface area contributed by atoms with Crippen molar-refractivity contribution in [3.63, 3.8) is 0 Å². The number of carbonyl (C=O) groups is 1. The average molecular weight is 319 g/mol. The number of benzene rings is 1. The molecule has 0 radical (unpaired) electrons. The number of aromatic nitrogens is 4. The smallest absolute Gasteiger partial charge is 0.250 e. The maximum atomic E-state index is 11.4. The van der Waals surface area contributed by atoms with Gasteiger partial charge in [-0.15, -0.1) is 0 Å². The van der Waals surface area contributed by atoms with Gasteiger partial charge >= 0.3 is 0 Å². The van der Waals surface area contributed by atoms with Gasteiger partial charge in [0, 0.05) is 31.8 Å². The van der Waals surface area contributed by atoms with Crippen LogP contribution in [0.1, 0.15) is 18.9 Å². The summed E-state index contributed by atoms with van der Waals surface area (Å²) in [4.78, 5) is 21.6. The lowest BCUT2D eigenvalue weighted by atomic mass is 9.98. The number of imidazole rings is 1. The van der Waals surface area contributed by atoms with E-state index in [1.807, 2.05) is 4.90 Å². The summed E-state index contributed by atoms with van der Waals surface area (Å²) in [5.74, 6) is 0.729. The van der Waals surface area contributed by atoms with Crippen molar-refractivity contribution < 1.29 is 4.79 Å². The molecule has 0 N–H and O–H groups in total. The maximum absolute atomic E-state index is 11.4. The molecule has 1 aromatic carbocycles. The quantitative estimate of drug-likeness (QED) is 0.728. The van der Waals surface area contributed by atoms with Crippen molar-refractivity contribution in [3.8, 4) is 11.3 Å². The van der Waals surface area contributed by atoms with E-state index in [1.54, 1.807) is 30.0 Å². The molecular formula is C18H17N5O. The third-order valence-electron chi connectivity index (χ3n) is 4.33. The van der Waals surface area contributed by atoms with Crippen LogP contribution in [0.5, 0.6) is 0 Å². The summed E-state index contributed by atoms with van der Waals surface area (Å²) in [7, 11) is 0. The summed E-state index contributed by atoms with van der Waals surface area (Å²) in [6.07, 6.45) is 8.23. The van der Waals surface area contributed by atoms with Crippen molar-refractivity contribution in [1.29, 1.82) is 0 Å². The number of nitrogens with zero attached hydrogens (tertiary/aromatic N) is 5. The first kappa shape index (κ1) is 14.6. The molecule has 3 heterocycles. The molecule has 0 aliphatic carbocycles. The minimum Gasteiger partial charge on any atom is -0.339 e. The van der Waals surface area contributed by atoms with Crippen molar-refractivity contribution in [2.75, 3.05) is 13.1 Å². The summed E-state index contributed by atoms with van der Waals surface area (Å²) in [5, 5.41) is 4.51. The Morgan fingerprint density at radius 1 is 1.12 bits per heavy atom. The van der Waals surface area contributed by atoms with Crippen LogP contribution in [-0.2, 0) is 4.79 Å². The predicted octanol–water partition coefficient (Wildman–Crippen LogP) is 2.43. The highest BCUT2D eigenvalue weighted by Gasteiger charge is 2.14. The van der Waals surface area contributed by atoms with E-state index in [4.69, 9.17) is 0 Å². The lowest BCUT2D eigenvalue weighted by Crippen LogP contribution is -2.32. The van der Waals surface area contributed by atoms with Crippen LogP contribution in [0, 0.1) is 0 Å². The molecule has 6 heteroatoms. The van der Waals surface area contributed by atoms with E-state index in [0.29, 0.717) is 12.3 Å². The Labute approximate surface area is 139 Å². The molecule has 24 heavy (non-hydrogen) atoms. The van der Waals surface area contributed by atoms with Gasteiger partial charge in [-0.05, 0) is 17.6 Å². The van der Waals surface area contributed by atoms with Crippen LogP contribution in [0.4, 0.5) is 0 Å². The molecule has 1 aliphatic heterocycles. The number of amides is 1. The largest absolute Gasteiger partial charge is 0.339 e. The van der Waals surface area contributed by atoms with Gasteiger partial charge in [-0.1, -0.05) is 30.3 Å². The zero-order chi connectivity index (χ0) is 16.5. The van der Waals surface area contributed by atoms with E-state index in [2.05, 4.69) is 45.4 Å². The average Bonchev–Trinajstić information content (AvgIpc) is 3.09. The molecule has 2 aromatic heterocycles. The Hall–Kier alpha value is -3.02. The van der Waals surface area contributed by atoms with E-state index in [0.717, 1.165) is 24.2 Å². The van der Waals surface area contributed by atoms with E-state index in [-0.39, 0.29) is 5.91 Å². The molecule has 0 bridgehead atoms. The van der Waals surface area contributed by atoms with Crippen LogP contribution in [0.2, 0.25) is 0 Å². The Morgan fingerprint density at radius 3 is 2.62 bits per heavy atom. The summed E-state index contributed by atoms with van der Waals surface area (Å²) < 4.78 is 1.67. The summed E-state index contributed by atoms with van der Waals surface area (Å²) in [5.41, 5.74) is 4.31. The zero-order valence-electron chi connectivity index (χ0n) is 13.4. The second kappa shape index (κ2) is 5.88. The number of hydrogen-bond acceptors (Lipinski definition) is 4. The third kappa shape index (κ3) is 2.67. The monoisotopic (exact) mass is 319 g/mol. The molecule has 0 atom stereocenters. The maximum Gasteiger partial charge on any atom is 0.250 e. The minimum absolute atomic E-state index is 0.133. The van der Waals surface area contributed by atoms with Crippen molar-refractivity contribution >= 4 is 17.3 Å². The van der Waals surface area contributed by atoms with Gasteiger partial charge in [0.05, 0.1) is 12.4 Å². The first-order valence-corrected chi connectivity index (χ1v) is 7.92. The SMILES string of the molecule is CC(=O)N1CC=C(c2ccc(-c3cnc4nccn4n3)cc2)CC1. The normalized spacial score (nSPS) is 14.7. The summed E-state index contributed by atoms with van der Waals surface area (Å²) in [6, 6.07) is 8.31. The van der Waals surface area contributed by atoms with Crippen molar-refractivity contribution in [1.82, 2.24) is 24.5 Å². The standard InChI is InChI=1S/C18H17N5O/c1-13(24)22-9-6-15(7-10-22)14-2-4-16(5-3-14)17-12-20-18-19-8-11-23(18)21-17/h2-6,8,11-12H,7,9-10H2,1H3. The Bertz CT molecular complexity index is 926. The molecule has 1 amide bonds. The van der Waals surface area contributed by atoms with Gasteiger partial charge in [-0.3, -0.25) is 4.79 Å². The summed E-state index contributed by atoms with van der Waals surface area (Å²) in [6.45, 7) is 3.09. The molecule has 0 fully saturated rings. The Balaban J connectivity index is 1.57. The van der Waals surface area contributed by atoms with E-state index < -0.39 is 0 Å². The van der Waals surface area contributed by atoms with Gasteiger partial charge in [0.15, 0.2) is 0 Å². The summed E-state index contributed by atoms with van der Waals surface area (Å²) >= 11 is 0. The number of fused-ring (bicyclic) bond motifs is 1. The van der Waals surface area contributed by atoms with Crippen LogP contribution in [-0.4, -0.2) is 43.5 Å². The van der Waals surface area contributed by atoms with Crippen LogP contribution in [0.25, 0.3) is 22.6 Å². The van der Waals surface area contributed by atoms with Crippen LogP contribution in [0.15, 0.2) is 48.9 Å². The second-order valence-electron chi connectivity index (χ2n) is 5.84. The van der Waals surface area contributed by atoms with Crippen molar-refractivity contribution in [3.05, 3.63) is 54.5 Å². The second-order valence-corrected chi connectivity index (χ2v) is 5.84. The van der Waals surface area contributed by atoms with Crippen LogP contribution in [0.3, 0.4) is 0 Å². The topological polar surface area (TPSA) is 63.4 Å². The van der Waals surface area contributed by atoms with Gasteiger partial charge in [0.25, 0.3) is 5.78 Å². The molecule has 0 unspecified atom stereocenters. The molecule has 4 rings (SSSR count). The van der Waals surface area contributed by atoms with Crippen LogP contribution >= 0.6 is 0 Å². The first-order chi connectivity index (χ1) is 11.7. The minimum atomic E-state index is 0.133. The number of carbonyl (C=O) groups excluding carboxylic acids is 1. The molecule has 6 nitrogen and oxygen atoms in total. The van der Waals surface area contributed by atoms with Crippen molar-refractivity contribution in [2.24, 2.45) is 0 Å². The van der Waals surface area contributed by atoms with E-state index in [9.17, 15) is 4.79 Å². The molecule has 0 saturated carbocycles. The molecule has 120 valence electrons. The highest BCUT2D eigenvalue weighted by Crippen LogP contribution is 2.25. The highest BCUT2D eigenvalue weighted by molar-refractivity contribution is 5.76. The van der Waals surface area contributed by atoms with Crippen molar-refractivity contribution in [2.45, 2.75) is 13.3 Å². The van der Waals surface area contributed by atoms with E-state index >= 15 is 0 Å². The van der Waals surface area contributed by atoms with Gasteiger partial charge in [-0.25, -0.2) is 14.5 Å². The Kier molecular flexibility index (Phi) is 3.57. The van der Waals surface area contributed by atoms with Gasteiger partial charge in [-0.2, -0.15) is 5.10 Å². The van der Waals surface area contributed by atoms with Crippen LogP contribution < -0.4 is 0 Å². The molecule has 3 aromatic rings. The molecular weight excluding hydrogens is 302 g/mol. The number of rotatable bonds is 2. The Morgan fingerprint density at radius 2 is 1.92 bits per heavy atom. The van der Waals surface area contributed by atoms with Gasteiger partial charge < -0.3 is 4.90 Å². The lowest BCUT2D eigenvalue weighted by molar-refractivity contribution is -0.128. The molecule has 1 aliphatic rings. The fraction of sp³-hybridized carbons (Fsp3) is 0.222. The molecule has 0 spiro atoms. The fourth-order valence-electron chi connectivity index (χ4n) is 2.92. The van der Waals surface area contributed by atoms with Gasteiger partial charge in [0.1, 0.15) is 5.69 Å². The molecule has 0 saturated heterocycles. The predicted molar refractivity (Wildman–Crippen MR) is 91.1 cm³/mol. The lowest BCUT2D eigenvalue weighted by Gasteiger charge is -2.25. The fourth-order valence-corrected chi connectivity index (χ4v) is 2.92.